The van der Waals surface area contributed by atoms with E-state index in [0.717, 1.165) is 42.8 Å². The number of amides is 1. The summed E-state index contributed by atoms with van der Waals surface area (Å²) in [5, 5.41) is 12.0. The highest BCUT2D eigenvalue weighted by atomic mass is 16.1. The van der Waals surface area contributed by atoms with Crippen molar-refractivity contribution in [2.75, 3.05) is 5.32 Å². The lowest BCUT2D eigenvalue weighted by atomic mass is 9.93. The summed E-state index contributed by atoms with van der Waals surface area (Å²) in [6, 6.07) is 2.78. The highest BCUT2D eigenvalue weighted by Gasteiger charge is 2.26. The molecule has 2 saturated carbocycles. The summed E-state index contributed by atoms with van der Waals surface area (Å²) in [5.41, 5.74) is 1.80. The summed E-state index contributed by atoms with van der Waals surface area (Å²) >= 11 is 0. The number of rotatable bonds is 6. The molecule has 4 rings (SSSR count). The third-order valence-electron chi connectivity index (χ3n) is 5.63. The van der Waals surface area contributed by atoms with Crippen LogP contribution >= 0.6 is 0 Å². The number of nitrogens with zero attached hydrogens (tertiary/aromatic N) is 4. The lowest BCUT2D eigenvalue weighted by Crippen LogP contribution is -2.23. The standard InChI is InChI=1S/C19H27N5O/c1-2-6-17-16(13-21-23(17)14-7-3-4-8-14)19(25)22-18-11-12-20-24(18)15-9-5-10-15/h11-15H,2-10H2,1H3,(H,22,25). The maximum Gasteiger partial charge on any atom is 0.260 e. The van der Waals surface area contributed by atoms with Gasteiger partial charge < -0.3 is 5.32 Å². The zero-order valence-electron chi connectivity index (χ0n) is 14.9. The largest absolute Gasteiger partial charge is 0.307 e. The molecule has 2 fully saturated rings. The van der Waals surface area contributed by atoms with Crippen LogP contribution < -0.4 is 5.32 Å². The van der Waals surface area contributed by atoms with Gasteiger partial charge in [0.15, 0.2) is 0 Å². The molecular formula is C19H27N5O. The topological polar surface area (TPSA) is 64.7 Å². The molecule has 2 heterocycles. The Balaban J connectivity index is 1.56. The van der Waals surface area contributed by atoms with Crippen molar-refractivity contribution < 1.29 is 4.79 Å². The van der Waals surface area contributed by atoms with Crippen molar-refractivity contribution in [3.05, 3.63) is 29.7 Å². The van der Waals surface area contributed by atoms with Gasteiger partial charge in [0.1, 0.15) is 5.82 Å². The van der Waals surface area contributed by atoms with Crippen LogP contribution in [0.4, 0.5) is 5.82 Å². The Bertz CT molecular complexity index is 737. The van der Waals surface area contributed by atoms with Gasteiger partial charge in [0, 0.05) is 6.07 Å². The van der Waals surface area contributed by atoms with Gasteiger partial charge in [0.2, 0.25) is 0 Å². The van der Waals surface area contributed by atoms with Crippen molar-refractivity contribution in [3.63, 3.8) is 0 Å². The van der Waals surface area contributed by atoms with Crippen LogP contribution in [0, 0.1) is 0 Å². The SMILES string of the molecule is CCCc1c(C(=O)Nc2ccnn2C2CCC2)cnn1C1CCCC1. The third-order valence-corrected chi connectivity index (χ3v) is 5.63. The molecule has 0 aliphatic heterocycles. The lowest BCUT2D eigenvalue weighted by Gasteiger charge is -2.27. The van der Waals surface area contributed by atoms with E-state index in [1.807, 2.05) is 10.7 Å². The first-order valence-corrected chi connectivity index (χ1v) is 9.69. The monoisotopic (exact) mass is 341 g/mol. The van der Waals surface area contributed by atoms with E-state index in [9.17, 15) is 4.79 Å². The molecule has 0 bridgehead atoms. The molecule has 0 atom stereocenters. The normalized spacial score (nSPS) is 18.4. The Morgan fingerprint density at radius 3 is 2.52 bits per heavy atom. The predicted molar refractivity (Wildman–Crippen MR) is 96.8 cm³/mol. The summed E-state index contributed by atoms with van der Waals surface area (Å²) in [6.45, 7) is 2.15. The zero-order valence-corrected chi connectivity index (χ0v) is 14.9. The Morgan fingerprint density at radius 1 is 1.12 bits per heavy atom. The van der Waals surface area contributed by atoms with Crippen molar-refractivity contribution in [2.45, 2.75) is 76.8 Å². The summed E-state index contributed by atoms with van der Waals surface area (Å²) in [5.74, 6) is 0.736. The van der Waals surface area contributed by atoms with Crippen LogP contribution in [-0.4, -0.2) is 25.5 Å². The van der Waals surface area contributed by atoms with Gasteiger partial charge in [-0.2, -0.15) is 10.2 Å². The van der Waals surface area contributed by atoms with Gasteiger partial charge in [-0.25, -0.2) is 4.68 Å². The minimum atomic E-state index is -0.0613. The van der Waals surface area contributed by atoms with E-state index < -0.39 is 0 Å². The number of carbonyl (C=O) groups excluding carboxylic acids is 1. The average molecular weight is 341 g/mol. The fourth-order valence-electron chi connectivity index (χ4n) is 4.05. The van der Waals surface area contributed by atoms with Gasteiger partial charge in [-0.15, -0.1) is 0 Å². The Labute approximate surface area is 148 Å². The number of hydrogen-bond donors (Lipinski definition) is 1. The first kappa shape index (κ1) is 16.4. The molecule has 2 aliphatic carbocycles. The van der Waals surface area contributed by atoms with Crippen LogP contribution in [0.25, 0.3) is 0 Å². The maximum absolute atomic E-state index is 12.9. The first-order chi connectivity index (χ1) is 12.3. The quantitative estimate of drug-likeness (QED) is 0.859. The van der Waals surface area contributed by atoms with Gasteiger partial charge >= 0.3 is 0 Å². The molecule has 0 radical (unpaired) electrons. The fraction of sp³-hybridized carbons (Fsp3) is 0.632. The zero-order chi connectivity index (χ0) is 17.2. The molecule has 2 aromatic heterocycles. The molecule has 0 aromatic carbocycles. The molecule has 134 valence electrons. The third kappa shape index (κ3) is 3.10. The molecule has 0 spiro atoms. The summed E-state index contributed by atoms with van der Waals surface area (Å²) in [7, 11) is 0. The molecule has 6 heteroatoms. The van der Waals surface area contributed by atoms with Gasteiger partial charge in [-0.05, 0) is 38.5 Å². The minimum Gasteiger partial charge on any atom is -0.307 e. The maximum atomic E-state index is 12.9. The molecule has 1 N–H and O–H groups in total. The fourth-order valence-corrected chi connectivity index (χ4v) is 4.05. The van der Waals surface area contributed by atoms with Crippen LogP contribution in [-0.2, 0) is 6.42 Å². The van der Waals surface area contributed by atoms with Crippen LogP contribution in [0.2, 0.25) is 0 Å². The molecule has 2 aromatic rings. The predicted octanol–water partition coefficient (Wildman–Crippen LogP) is 4.12. The van der Waals surface area contributed by atoms with Gasteiger partial charge in [0.05, 0.1) is 35.7 Å². The highest BCUT2D eigenvalue weighted by Crippen LogP contribution is 2.34. The number of nitrogens with one attached hydrogen (secondary N) is 1. The smallest absolute Gasteiger partial charge is 0.260 e. The number of hydrogen-bond acceptors (Lipinski definition) is 3. The second-order valence-corrected chi connectivity index (χ2v) is 7.34. The van der Waals surface area contributed by atoms with Crippen LogP contribution in [0.15, 0.2) is 18.5 Å². The second kappa shape index (κ2) is 7.02. The summed E-state index contributed by atoms with van der Waals surface area (Å²) in [6.07, 6.45) is 13.8. The van der Waals surface area contributed by atoms with E-state index in [2.05, 4.69) is 27.1 Å². The van der Waals surface area contributed by atoms with Crippen molar-refractivity contribution in [3.8, 4) is 0 Å². The van der Waals surface area contributed by atoms with E-state index in [1.54, 1.807) is 12.4 Å². The van der Waals surface area contributed by atoms with Crippen molar-refractivity contribution in [1.82, 2.24) is 19.6 Å². The van der Waals surface area contributed by atoms with Crippen molar-refractivity contribution >= 4 is 11.7 Å². The van der Waals surface area contributed by atoms with E-state index >= 15 is 0 Å². The lowest BCUT2D eigenvalue weighted by molar-refractivity contribution is 0.102. The van der Waals surface area contributed by atoms with Crippen LogP contribution in [0.1, 0.15) is 86.4 Å². The Morgan fingerprint density at radius 2 is 1.84 bits per heavy atom. The Hall–Kier alpha value is -2.11. The van der Waals surface area contributed by atoms with Gasteiger partial charge in [-0.3, -0.25) is 9.48 Å². The number of anilines is 1. The van der Waals surface area contributed by atoms with Gasteiger partial charge in [0.25, 0.3) is 5.91 Å². The minimum absolute atomic E-state index is 0.0613. The molecule has 25 heavy (non-hydrogen) atoms. The molecule has 0 unspecified atom stereocenters. The molecule has 1 amide bonds. The van der Waals surface area contributed by atoms with Crippen LogP contribution in [0.3, 0.4) is 0 Å². The van der Waals surface area contributed by atoms with E-state index in [1.165, 1.54) is 32.1 Å². The molecule has 0 saturated heterocycles. The summed E-state index contributed by atoms with van der Waals surface area (Å²) in [4.78, 5) is 12.9. The molecule has 6 nitrogen and oxygen atoms in total. The van der Waals surface area contributed by atoms with E-state index in [4.69, 9.17) is 0 Å². The second-order valence-electron chi connectivity index (χ2n) is 7.34. The van der Waals surface area contributed by atoms with E-state index in [-0.39, 0.29) is 5.91 Å². The number of aromatic nitrogens is 4. The summed E-state index contributed by atoms with van der Waals surface area (Å²) < 4.78 is 4.08. The van der Waals surface area contributed by atoms with Crippen LogP contribution in [0.5, 0.6) is 0 Å². The number of carbonyl (C=O) groups is 1. The highest BCUT2D eigenvalue weighted by molar-refractivity contribution is 6.04. The van der Waals surface area contributed by atoms with E-state index in [0.29, 0.717) is 12.1 Å². The average Bonchev–Trinajstić information content (AvgIpc) is 3.27. The van der Waals surface area contributed by atoms with Gasteiger partial charge in [-0.1, -0.05) is 26.2 Å². The van der Waals surface area contributed by atoms with Crippen molar-refractivity contribution in [1.29, 1.82) is 0 Å². The molecular weight excluding hydrogens is 314 g/mol. The Kier molecular flexibility index (Phi) is 4.59. The molecule has 2 aliphatic rings. The van der Waals surface area contributed by atoms with Crippen molar-refractivity contribution in [2.24, 2.45) is 0 Å². The first-order valence-electron chi connectivity index (χ1n) is 9.69.